The first-order chi connectivity index (χ1) is 8.95. The Morgan fingerprint density at radius 3 is 2.21 bits per heavy atom. The lowest BCUT2D eigenvalue weighted by Crippen LogP contribution is -2.44. The first-order valence-electron chi connectivity index (χ1n) is 7.22. The molecule has 0 aromatic carbocycles. The average Bonchev–Trinajstić information content (AvgIpc) is 2.45. The summed E-state index contributed by atoms with van der Waals surface area (Å²) in [5.74, 6) is 0.266. The van der Waals surface area contributed by atoms with Crippen LogP contribution in [0, 0.1) is 5.92 Å². The Labute approximate surface area is 119 Å². The number of esters is 1. The van der Waals surface area contributed by atoms with Crippen molar-refractivity contribution in [1.82, 2.24) is 0 Å². The molecule has 5 heteroatoms. The van der Waals surface area contributed by atoms with Gasteiger partial charge in [-0.1, -0.05) is 33.1 Å². The van der Waals surface area contributed by atoms with Gasteiger partial charge in [-0.3, -0.25) is 4.79 Å². The molecule has 114 valence electrons. The molecule has 4 nitrogen and oxygen atoms in total. The Morgan fingerprint density at radius 1 is 1.21 bits per heavy atom. The van der Waals surface area contributed by atoms with Gasteiger partial charge < -0.3 is 13.6 Å². The minimum Gasteiger partial charge on any atom is -0.465 e. The number of ether oxygens (including phenoxy) is 1. The first kappa shape index (κ1) is 18.6. The molecule has 19 heavy (non-hydrogen) atoms. The summed E-state index contributed by atoms with van der Waals surface area (Å²) in [5, 5.41) is 0. The summed E-state index contributed by atoms with van der Waals surface area (Å²) in [5.41, 5.74) is -0.314. The quantitative estimate of drug-likeness (QED) is 0.456. The largest absolute Gasteiger partial charge is 0.465 e. The van der Waals surface area contributed by atoms with Crippen LogP contribution in [0.25, 0.3) is 0 Å². The van der Waals surface area contributed by atoms with E-state index in [2.05, 4.69) is 13.8 Å². The van der Waals surface area contributed by atoms with Gasteiger partial charge in [0.05, 0.1) is 12.1 Å². The van der Waals surface area contributed by atoms with Gasteiger partial charge in [0, 0.05) is 14.2 Å². The maximum absolute atomic E-state index is 12.1. The van der Waals surface area contributed by atoms with E-state index in [0.717, 1.165) is 12.8 Å². The zero-order valence-corrected chi connectivity index (χ0v) is 14.3. The molecule has 0 saturated carbocycles. The van der Waals surface area contributed by atoms with Crippen molar-refractivity contribution >= 4 is 14.5 Å². The molecular formula is C14H30O4Si. The van der Waals surface area contributed by atoms with Gasteiger partial charge in [-0.2, -0.15) is 0 Å². The lowest BCUT2D eigenvalue weighted by atomic mass is 10.0. The topological polar surface area (TPSA) is 44.8 Å². The SMILES string of the molecule is CCCCC(CC)COC(=O)C(C)[Si](C)(OC)OC. The third-order valence-electron chi connectivity index (χ3n) is 3.96. The van der Waals surface area contributed by atoms with Gasteiger partial charge in [-0.05, 0) is 25.8 Å². The standard InChI is InChI=1S/C14H30O4Si/c1-7-9-10-13(8-2)11-18-14(15)12(3)19(6,16-4)17-5/h12-13H,7-11H2,1-6H3. The second-order valence-corrected chi connectivity index (χ2v) is 8.91. The van der Waals surface area contributed by atoms with Crippen LogP contribution in [-0.2, 0) is 18.4 Å². The first-order valence-corrected chi connectivity index (χ1v) is 9.61. The van der Waals surface area contributed by atoms with E-state index in [1.165, 1.54) is 12.8 Å². The average molecular weight is 290 g/mol. The van der Waals surface area contributed by atoms with Crippen molar-refractivity contribution < 1.29 is 18.4 Å². The van der Waals surface area contributed by atoms with Crippen molar-refractivity contribution in [2.24, 2.45) is 5.92 Å². The molecule has 0 aromatic heterocycles. The fourth-order valence-electron chi connectivity index (χ4n) is 1.87. The van der Waals surface area contributed by atoms with Crippen LogP contribution in [-0.4, -0.2) is 35.4 Å². The molecule has 0 radical (unpaired) electrons. The third-order valence-corrected chi connectivity index (χ3v) is 7.39. The molecule has 0 aliphatic rings. The van der Waals surface area contributed by atoms with Crippen LogP contribution in [0.3, 0.4) is 0 Å². The zero-order valence-electron chi connectivity index (χ0n) is 13.3. The highest BCUT2D eigenvalue weighted by atomic mass is 28.4. The molecule has 0 aromatic rings. The molecule has 0 rings (SSSR count). The molecule has 0 fully saturated rings. The van der Waals surface area contributed by atoms with Crippen molar-refractivity contribution in [3.63, 3.8) is 0 Å². The molecular weight excluding hydrogens is 260 g/mol. The van der Waals surface area contributed by atoms with Gasteiger partial charge in [0.15, 0.2) is 0 Å². The van der Waals surface area contributed by atoms with Crippen LogP contribution in [0.2, 0.25) is 12.1 Å². The summed E-state index contributed by atoms with van der Waals surface area (Å²) in [7, 11) is 0.740. The Hall–Kier alpha value is -0.393. The predicted molar refractivity (Wildman–Crippen MR) is 79.3 cm³/mol. The zero-order chi connectivity index (χ0) is 14.9. The number of hydrogen-bond acceptors (Lipinski definition) is 4. The van der Waals surface area contributed by atoms with E-state index >= 15 is 0 Å². The molecule has 0 saturated heterocycles. The molecule has 0 heterocycles. The van der Waals surface area contributed by atoms with E-state index in [1.54, 1.807) is 14.2 Å². The van der Waals surface area contributed by atoms with Gasteiger partial charge >= 0.3 is 14.5 Å². The van der Waals surface area contributed by atoms with Crippen molar-refractivity contribution in [2.75, 3.05) is 20.8 Å². The number of unbranched alkanes of at least 4 members (excludes halogenated alkanes) is 1. The van der Waals surface area contributed by atoms with E-state index in [1.807, 2.05) is 13.5 Å². The van der Waals surface area contributed by atoms with Gasteiger partial charge in [0.2, 0.25) is 0 Å². The lowest BCUT2D eigenvalue weighted by molar-refractivity contribution is -0.145. The predicted octanol–water partition coefficient (Wildman–Crippen LogP) is 3.50. The third kappa shape index (κ3) is 6.06. The molecule has 0 aliphatic carbocycles. The van der Waals surface area contributed by atoms with Crippen molar-refractivity contribution in [3.8, 4) is 0 Å². The smallest absolute Gasteiger partial charge is 0.348 e. The maximum atomic E-state index is 12.1. The normalized spacial score (nSPS) is 15.1. The van der Waals surface area contributed by atoms with Gasteiger partial charge in [0.1, 0.15) is 0 Å². The molecule has 0 aliphatic heterocycles. The minimum absolute atomic E-state index is 0.201. The Balaban J connectivity index is 4.29. The van der Waals surface area contributed by atoms with E-state index in [-0.39, 0.29) is 11.5 Å². The van der Waals surface area contributed by atoms with E-state index in [4.69, 9.17) is 13.6 Å². The highest BCUT2D eigenvalue weighted by Crippen LogP contribution is 2.24. The Bertz CT molecular complexity index is 254. The number of rotatable bonds is 10. The van der Waals surface area contributed by atoms with E-state index in [9.17, 15) is 4.79 Å². The van der Waals surface area contributed by atoms with Crippen LogP contribution in [0.1, 0.15) is 46.5 Å². The number of carbonyl (C=O) groups excluding carboxylic acids is 1. The molecule has 0 N–H and O–H groups in total. The molecule has 2 atom stereocenters. The number of carbonyl (C=O) groups is 1. The molecule has 2 unspecified atom stereocenters. The van der Waals surface area contributed by atoms with Gasteiger partial charge in [-0.15, -0.1) is 0 Å². The van der Waals surface area contributed by atoms with E-state index < -0.39 is 8.56 Å². The highest BCUT2D eigenvalue weighted by molar-refractivity contribution is 6.70. The van der Waals surface area contributed by atoms with Crippen molar-refractivity contribution in [3.05, 3.63) is 0 Å². The van der Waals surface area contributed by atoms with Crippen LogP contribution in [0.5, 0.6) is 0 Å². The van der Waals surface area contributed by atoms with Crippen LogP contribution >= 0.6 is 0 Å². The molecule has 0 bridgehead atoms. The monoisotopic (exact) mass is 290 g/mol. The Kier molecular flexibility index (Phi) is 9.30. The van der Waals surface area contributed by atoms with Gasteiger partial charge in [0.25, 0.3) is 0 Å². The van der Waals surface area contributed by atoms with Gasteiger partial charge in [-0.25, -0.2) is 0 Å². The summed E-state index contributed by atoms with van der Waals surface area (Å²) in [6.45, 7) is 8.54. The highest BCUT2D eigenvalue weighted by Gasteiger charge is 2.42. The summed E-state index contributed by atoms with van der Waals surface area (Å²) in [6, 6.07) is 0. The Morgan fingerprint density at radius 2 is 1.79 bits per heavy atom. The van der Waals surface area contributed by atoms with Crippen molar-refractivity contribution in [2.45, 2.75) is 58.5 Å². The summed E-state index contributed by atoms with van der Waals surface area (Å²) in [6.07, 6.45) is 4.54. The minimum atomic E-state index is -2.45. The maximum Gasteiger partial charge on any atom is 0.348 e. The summed E-state index contributed by atoms with van der Waals surface area (Å²) >= 11 is 0. The summed E-state index contributed by atoms with van der Waals surface area (Å²) < 4.78 is 16.2. The second kappa shape index (κ2) is 9.50. The van der Waals surface area contributed by atoms with Crippen LogP contribution < -0.4 is 0 Å². The summed E-state index contributed by atoms with van der Waals surface area (Å²) in [4.78, 5) is 12.1. The second-order valence-electron chi connectivity index (χ2n) is 5.19. The molecule has 0 spiro atoms. The van der Waals surface area contributed by atoms with Crippen LogP contribution in [0.4, 0.5) is 0 Å². The fourth-order valence-corrected chi connectivity index (χ4v) is 3.26. The van der Waals surface area contributed by atoms with Crippen molar-refractivity contribution in [1.29, 1.82) is 0 Å². The molecule has 0 amide bonds. The lowest BCUT2D eigenvalue weighted by Gasteiger charge is -2.28. The fraction of sp³-hybridized carbons (Fsp3) is 0.929. The number of hydrogen-bond donors (Lipinski definition) is 0. The van der Waals surface area contributed by atoms with Crippen LogP contribution in [0.15, 0.2) is 0 Å². The van der Waals surface area contributed by atoms with E-state index in [0.29, 0.717) is 12.5 Å².